The van der Waals surface area contributed by atoms with Crippen molar-refractivity contribution >= 4 is 240 Å². The molecule has 330 valence electrons. The molecule has 0 amide bonds. The summed E-state index contributed by atoms with van der Waals surface area (Å²) in [6.07, 6.45) is 0. The minimum absolute atomic E-state index is 0. The fourth-order valence-corrected chi connectivity index (χ4v) is 11.7. The number of halogens is 17. The Bertz CT molecular complexity index is 2950. The molecule has 2 aliphatic heterocycles. The molecule has 2 N–H and O–H groups in total. The van der Waals surface area contributed by atoms with E-state index in [2.05, 4.69) is 9.97 Å². The van der Waals surface area contributed by atoms with Crippen LogP contribution in [-0.2, 0) is 0 Å². The predicted molar refractivity (Wildman–Crippen MR) is 287 cm³/mol. The number of nitrogens with one attached hydrogen (secondary N) is 2. The Morgan fingerprint density at radius 1 is 0.262 bits per heavy atom. The monoisotopic (exact) mass is 1190 g/mol. The lowest BCUT2D eigenvalue weighted by atomic mass is 10.0. The second-order valence-electron chi connectivity index (χ2n) is 13.8. The summed E-state index contributed by atoms with van der Waals surface area (Å²) in [4.78, 5) is 17.0. The fourth-order valence-electron chi connectivity index (χ4n) is 7.49. The first-order valence-corrected chi connectivity index (χ1v) is 23.9. The summed E-state index contributed by atoms with van der Waals surface area (Å²) in [6, 6.07) is 19.6. The van der Waals surface area contributed by atoms with Crippen LogP contribution in [0.15, 0.2) is 72.8 Å². The van der Waals surface area contributed by atoms with Crippen molar-refractivity contribution in [1.82, 2.24) is 19.9 Å². The molecule has 0 aliphatic carbocycles. The van der Waals surface area contributed by atoms with Gasteiger partial charge in [-0.2, -0.15) is 0 Å². The molecule has 3 aromatic heterocycles. The third-order valence-electron chi connectivity index (χ3n) is 10.2. The minimum atomic E-state index is -0.0739. The maximum atomic E-state index is 7.31. The standard InChI is InChI=1S/C44H14Cl16N4.ClH/c45-13-5-1-6-14(46)21(13)25-37-29(53)31(55)39(61-37)26(22-15(47)7-2-8-16(22)48)41-33(57)35(59)43(63-41)28(24-19(51)11-4-12-20(24)52)44-36(60)34(58)42(64-44)27(23-17(49)9-3-10-18(23)50)40-32(56)30(54)38(25)62-40;/h1-12,61,64H;1H. The molecule has 0 atom stereocenters. The van der Waals surface area contributed by atoms with Crippen LogP contribution in [0, 0.1) is 0 Å². The summed E-state index contributed by atoms with van der Waals surface area (Å²) in [7, 11) is 0. The highest BCUT2D eigenvalue weighted by Crippen LogP contribution is 2.55. The molecule has 21 heteroatoms. The first-order valence-electron chi connectivity index (χ1n) is 17.9. The van der Waals surface area contributed by atoms with Crippen molar-refractivity contribution in [3.8, 4) is 44.5 Å². The van der Waals surface area contributed by atoms with Gasteiger partial charge in [0.15, 0.2) is 0 Å². The van der Waals surface area contributed by atoms with Gasteiger partial charge in [0.2, 0.25) is 0 Å². The van der Waals surface area contributed by atoms with E-state index in [1.807, 2.05) is 0 Å². The molecule has 65 heavy (non-hydrogen) atoms. The summed E-state index contributed by atoms with van der Waals surface area (Å²) in [6.45, 7) is 0. The minimum Gasteiger partial charge on any atom is -0.352 e. The largest absolute Gasteiger partial charge is 0.352 e. The molecule has 4 aromatic carbocycles. The van der Waals surface area contributed by atoms with E-state index >= 15 is 0 Å². The van der Waals surface area contributed by atoms with Gasteiger partial charge in [-0.1, -0.05) is 210 Å². The predicted octanol–water partition coefficient (Wildman–Crippen LogP) is 21.9. The Balaban J connectivity index is 0.00000576. The number of nitrogens with zero attached hydrogens (tertiary/aromatic N) is 2. The lowest BCUT2D eigenvalue weighted by Crippen LogP contribution is -1.93. The van der Waals surface area contributed by atoms with E-state index in [0.29, 0.717) is 0 Å². The second kappa shape index (κ2) is 19.3. The SMILES string of the molecule is Cl.ClC1=C(Cl)c2nc1c(-c1c(Cl)cccc1Cl)c1[nH]c(c(Cl)c1Cl)c(-c1c(Cl)cccc1Cl)c1nc(c(-c3c(Cl)cccc3Cl)c3[nH]c(c(Cl)c3Cl)c2-c2c(Cl)cccc2Cl)C(Cl)=C1Cl. The third-order valence-corrected chi connectivity index (χ3v) is 16.1. The Hall–Kier alpha value is -1.59. The van der Waals surface area contributed by atoms with Gasteiger partial charge in [0.25, 0.3) is 0 Å². The zero-order valence-corrected chi connectivity index (χ0v) is 44.2. The topological polar surface area (TPSA) is 57.4 Å². The average molecular weight is 1200 g/mol. The molecular formula is C44H15Cl17N4. The molecule has 0 saturated carbocycles. The molecular weight excluding hydrogens is 1190 g/mol. The Kier molecular flexibility index (Phi) is 14.8. The first-order chi connectivity index (χ1) is 30.4. The maximum absolute atomic E-state index is 7.31. The van der Waals surface area contributed by atoms with E-state index in [-0.39, 0.29) is 182 Å². The van der Waals surface area contributed by atoms with Gasteiger partial charge in [-0.05, 0) is 48.5 Å². The highest BCUT2D eigenvalue weighted by atomic mass is 35.5. The molecule has 0 unspecified atom stereocenters. The molecule has 5 heterocycles. The van der Waals surface area contributed by atoms with Crippen LogP contribution in [-0.4, -0.2) is 19.9 Å². The molecule has 0 spiro atoms. The number of aromatic amines is 2. The van der Waals surface area contributed by atoms with Gasteiger partial charge in [-0.3, -0.25) is 0 Å². The Morgan fingerprint density at radius 2 is 0.431 bits per heavy atom. The molecule has 2 aliphatic rings. The van der Waals surface area contributed by atoms with Crippen molar-refractivity contribution in [2.45, 2.75) is 0 Å². The summed E-state index contributed by atoms with van der Waals surface area (Å²) in [5.74, 6) is 0. The van der Waals surface area contributed by atoms with E-state index in [1.54, 1.807) is 72.8 Å². The van der Waals surface area contributed by atoms with Crippen LogP contribution in [0.5, 0.6) is 0 Å². The third kappa shape index (κ3) is 8.22. The van der Waals surface area contributed by atoms with Crippen LogP contribution in [0.4, 0.5) is 0 Å². The van der Waals surface area contributed by atoms with Crippen LogP contribution >= 0.6 is 198 Å². The fraction of sp³-hybridized carbons (Fsp3) is 0. The van der Waals surface area contributed by atoms with E-state index in [1.165, 1.54) is 0 Å². The Morgan fingerprint density at radius 3 is 0.600 bits per heavy atom. The van der Waals surface area contributed by atoms with Gasteiger partial charge in [0.1, 0.15) is 0 Å². The van der Waals surface area contributed by atoms with Crippen molar-refractivity contribution < 1.29 is 0 Å². The molecule has 0 saturated heterocycles. The van der Waals surface area contributed by atoms with Gasteiger partial charge in [-0.15, -0.1) is 12.4 Å². The van der Waals surface area contributed by atoms with Crippen molar-refractivity contribution in [3.63, 3.8) is 0 Å². The summed E-state index contributed by atoms with van der Waals surface area (Å²) in [5.41, 5.74) is 2.23. The zero-order valence-electron chi connectivity index (χ0n) is 31.3. The van der Waals surface area contributed by atoms with E-state index < -0.39 is 0 Å². The zero-order chi connectivity index (χ0) is 45.8. The lowest BCUT2D eigenvalue weighted by molar-refractivity contribution is 1.30. The number of aromatic nitrogens is 4. The second-order valence-corrected chi connectivity index (χ2v) is 20.0. The summed E-state index contributed by atoms with van der Waals surface area (Å²) >= 11 is 114. The van der Waals surface area contributed by atoms with Crippen LogP contribution in [0.1, 0.15) is 22.8 Å². The number of rotatable bonds is 4. The molecule has 9 rings (SSSR count). The van der Waals surface area contributed by atoms with Crippen molar-refractivity contribution in [3.05, 3.63) is 156 Å². The molecule has 0 radical (unpaired) electrons. The van der Waals surface area contributed by atoms with E-state index in [9.17, 15) is 0 Å². The number of fused-ring (bicyclic) bond motifs is 8. The van der Waals surface area contributed by atoms with E-state index in [4.69, 9.17) is 196 Å². The normalized spacial score (nSPS) is 12.7. The van der Waals surface area contributed by atoms with Crippen LogP contribution in [0.2, 0.25) is 60.3 Å². The van der Waals surface area contributed by atoms with Crippen molar-refractivity contribution in [2.24, 2.45) is 0 Å². The van der Waals surface area contributed by atoms with Gasteiger partial charge < -0.3 is 9.97 Å². The van der Waals surface area contributed by atoms with Crippen LogP contribution < -0.4 is 0 Å². The maximum Gasteiger partial charge on any atom is 0.0940 e. The Labute approximate surface area is 455 Å². The quantitative estimate of drug-likeness (QED) is 0.185. The average Bonchev–Trinajstić information content (AvgIpc) is 3.91. The molecule has 4 nitrogen and oxygen atoms in total. The molecule has 7 aromatic rings. The first kappa shape index (κ1) is 49.8. The van der Waals surface area contributed by atoms with Gasteiger partial charge >= 0.3 is 0 Å². The summed E-state index contributed by atoms with van der Waals surface area (Å²) in [5, 5.41) is 0.935. The number of hydrogen-bond acceptors (Lipinski definition) is 2. The number of benzene rings is 4. The van der Waals surface area contributed by atoms with E-state index in [0.717, 1.165) is 0 Å². The number of H-pyrrole nitrogens is 2. The van der Waals surface area contributed by atoms with Crippen molar-refractivity contribution in [1.29, 1.82) is 0 Å². The van der Waals surface area contributed by atoms with Crippen LogP contribution in [0.3, 0.4) is 0 Å². The molecule has 0 fully saturated rings. The van der Waals surface area contributed by atoms with Gasteiger partial charge in [-0.25, -0.2) is 9.97 Å². The number of hydrogen-bond donors (Lipinski definition) is 2. The molecule has 8 bridgehead atoms. The van der Waals surface area contributed by atoms with Crippen LogP contribution in [0.25, 0.3) is 86.7 Å². The van der Waals surface area contributed by atoms with Gasteiger partial charge in [0.05, 0.1) is 125 Å². The van der Waals surface area contributed by atoms with Gasteiger partial charge in [0, 0.05) is 44.5 Å². The lowest BCUT2D eigenvalue weighted by Gasteiger charge is -2.11. The smallest absolute Gasteiger partial charge is 0.0940 e. The highest BCUT2D eigenvalue weighted by molar-refractivity contribution is 6.68. The highest BCUT2D eigenvalue weighted by Gasteiger charge is 2.34. The van der Waals surface area contributed by atoms with Crippen molar-refractivity contribution in [2.75, 3.05) is 0 Å². The summed E-state index contributed by atoms with van der Waals surface area (Å²) < 4.78 is 0.